The number of fused-ring (bicyclic) bond motifs is 2. The van der Waals surface area contributed by atoms with Crippen LogP contribution in [0.25, 0.3) is 0 Å². The topological polar surface area (TPSA) is 20.2 Å². The van der Waals surface area contributed by atoms with E-state index < -0.39 is 0 Å². The molecule has 2 bridgehead atoms. The van der Waals surface area contributed by atoms with Gasteiger partial charge >= 0.3 is 0 Å². The van der Waals surface area contributed by atoms with E-state index in [0.717, 1.165) is 29.1 Å². The Bertz CT molecular complexity index is 319. The minimum atomic E-state index is -0.200. The van der Waals surface area contributed by atoms with Crippen LogP contribution in [-0.4, -0.2) is 5.11 Å². The van der Waals surface area contributed by atoms with Crippen LogP contribution in [0.2, 0.25) is 0 Å². The molecular weight excluding hydrogens is 204 g/mol. The van der Waals surface area contributed by atoms with E-state index in [1.54, 1.807) is 11.3 Å². The van der Waals surface area contributed by atoms with Gasteiger partial charge in [0.2, 0.25) is 0 Å². The van der Waals surface area contributed by atoms with Gasteiger partial charge in [0.25, 0.3) is 0 Å². The van der Waals surface area contributed by atoms with Gasteiger partial charge in [-0.1, -0.05) is 12.5 Å². The van der Waals surface area contributed by atoms with Crippen molar-refractivity contribution in [1.29, 1.82) is 0 Å². The summed E-state index contributed by atoms with van der Waals surface area (Å²) < 4.78 is 0. The molecule has 2 aliphatic rings. The molecule has 0 radical (unpaired) electrons. The molecule has 0 spiro atoms. The highest BCUT2D eigenvalue weighted by Gasteiger charge is 2.40. The van der Waals surface area contributed by atoms with Crippen molar-refractivity contribution in [2.24, 2.45) is 17.8 Å². The molecule has 2 fully saturated rings. The molecule has 1 aromatic heterocycles. The van der Waals surface area contributed by atoms with Crippen molar-refractivity contribution in [2.75, 3.05) is 0 Å². The summed E-state index contributed by atoms with van der Waals surface area (Å²) in [6, 6.07) is 4.09. The van der Waals surface area contributed by atoms with Crippen LogP contribution in [0.1, 0.15) is 43.1 Å². The number of thiophene rings is 1. The summed E-state index contributed by atoms with van der Waals surface area (Å²) in [6.07, 6.45) is 6.51. The molecule has 2 saturated carbocycles. The van der Waals surface area contributed by atoms with Gasteiger partial charge in [-0.3, -0.25) is 0 Å². The monoisotopic (exact) mass is 222 g/mol. The predicted molar refractivity (Wildman–Crippen MR) is 62.8 cm³/mol. The van der Waals surface area contributed by atoms with Crippen LogP contribution in [0.5, 0.6) is 0 Å². The minimum Gasteiger partial charge on any atom is -0.388 e. The van der Waals surface area contributed by atoms with E-state index in [2.05, 4.69) is 11.4 Å². The first-order valence-corrected chi connectivity index (χ1v) is 6.92. The fraction of sp³-hybridized carbons (Fsp3) is 0.692. The summed E-state index contributed by atoms with van der Waals surface area (Å²) in [5.74, 6) is 2.74. The Hall–Kier alpha value is -0.340. The molecule has 0 aromatic carbocycles. The van der Waals surface area contributed by atoms with Crippen LogP contribution >= 0.6 is 11.3 Å². The summed E-state index contributed by atoms with van der Waals surface area (Å²) in [5.41, 5.74) is 0. The Labute approximate surface area is 95.1 Å². The van der Waals surface area contributed by atoms with E-state index in [0.29, 0.717) is 0 Å². The van der Waals surface area contributed by atoms with Gasteiger partial charge in [-0.2, -0.15) is 0 Å². The van der Waals surface area contributed by atoms with Gasteiger partial charge < -0.3 is 5.11 Å². The minimum absolute atomic E-state index is 0.200. The third-order valence-electron chi connectivity index (χ3n) is 4.28. The molecular formula is C13H18OS. The van der Waals surface area contributed by atoms with Crippen molar-refractivity contribution in [2.45, 2.75) is 38.2 Å². The lowest BCUT2D eigenvalue weighted by atomic mass is 9.84. The number of hydrogen-bond donors (Lipinski definition) is 1. The summed E-state index contributed by atoms with van der Waals surface area (Å²) in [6.45, 7) is 0. The number of rotatable bonds is 3. The molecule has 0 amide bonds. The van der Waals surface area contributed by atoms with Gasteiger partial charge in [-0.25, -0.2) is 0 Å². The third-order valence-corrected chi connectivity index (χ3v) is 5.26. The molecule has 2 aliphatic carbocycles. The lowest BCUT2D eigenvalue weighted by molar-refractivity contribution is 0.128. The predicted octanol–water partition coefficient (Wildman–Crippen LogP) is 3.61. The molecule has 2 heteroatoms. The summed E-state index contributed by atoms with van der Waals surface area (Å²) in [4.78, 5) is 1.15. The molecule has 3 rings (SSSR count). The zero-order chi connectivity index (χ0) is 10.3. The number of hydrogen-bond acceptors (Lipinski definition) is 2. The molecule has 0 aliphatic heterocycles. The van der Waals surface area contributed by atoms with Gasteiger partial charge in [0.15, 0.2) is 0 Å². The van der Waals surface area contributed by atoms with Crippen LogP contribution in [0.15, 0.2) is 17.5 Å². The van der Waals surface area contributed by atoms with E-state index in [4.69, 9.17) is 0 Å². The van der Waals surface area contributed by atoms with Crippen molar-refractivity contribution in [3.05, 3.63) is 22.4 Å². The lowest BCUT2D eigenvalue weighted by Gasteiger charge is -2.23. The molecule has 1 N–H and O–H groups in total. The second-order valence-electron chi connectivity index (χ2n) is 5.20. The molecule has 82 valence electrons. The Balaban J connectivity index is 1.62. The first-order valence-electron chi connectivity index (χ1n) is 6.04. The summed E-state index contributed by atoms with van der Waals surface area (Å²) in [5, 5.41) is 12.2. The molecule has 1 nitrogen and oxygen atoms in total. The van der Waals surface area contributed by atoms with Crippen LogP contribution in [0.4, 0.5) is 0 Å². The Morgan fingerprint density at radius 3 is 2.93 bits per heavy atom. The van der Waals surface area contributed by atoms with Crippen molar-refractivity contribution >= 4 is 11.3 Å². The van der Waals surface area contributed by atoms with Crippen LogP contribution in [0, 0.1) is 17.8 Å². The van der Waals surface area contributed by atoms with E-state index in [-0.39, 0.29) is 6.10 Å². The van der Waals surface area contributed by atoms with Crippen molar-refractivity contribution in [3.63, 3.8) is 0 Å². The zero-order valence-corrected chi connectivity index (χ0v) is 9.75. The van der Waals surface area contributed by atoms with Crippen molar-refractivity contribution < 1.29 is 5.11 Å². The highest BCUT2D eigenvalue weighted by Crippen LogP contribution is 2.51. The van der Waals surface area contributed by atoms with Crippen molar-refractivity contribution in [3.8, 4) is 0 Å². The van der Waals surface area contributed by atoms with E-state index in [1.165, 1.54) is 25.7 Å². The maximum Gasteiger partial charge on any atom is 0.0884 e. The number of aliphatic hydroxyl groups is 1. The maximum atomic E-state index is 10.1. The largest absolute Gasteiger partial charge is 0.388 e. The molecule has 1 aromatic rings. The molecule has 1 heterocycles. The summed E-state index contributed by atoms with van der Waals surface area (Å²) >= 11 is 1.68. The van der Waals surface area contributed by atoms with Gasteiger partial charge in [-0.05, 0) is 54.9 Å². The molecule has 4 unspecified atom stereocenters. The second-order valence-corrected chi connectivity index (χ2v) is 6.18. The van der Waals surface area contributed by atoms with E-state index >= 15 is 0 Å². The van der Waals surface area contributed by atoms with Gasteiger partial charge in [-0.15, -0.1) is 11.3 Å². The normalized spacial score (nSPS) is 35.9. The third kappa shape index (κ3) is 1.85. The van der Waals surface area contributed by atoms with Gasteiger partial charge in [0, 0.05) is 4.88 Å². The smallest absolute Gasteiger partial charge is 0.0884 e. The second kappa shape index (κ2) is 3.91. The first-order chi connectivity index (χ1) is 7.33. The Morgan fingerprint density at radius 2 is 2.33 bits per heavy atom. The maximum absolute atomic E-state index is 10.1. The summed E-state index contributed by atoms with van der Waals surface area (Å²) in [7, 11) is 0. The SMILES string of the molecule is OC(CC1CC2CCC1C2)c1cccs1. The molecule has 15 heavy (non-hydrogen) atoms. The Morgan fingerprint density at radius 1 is 1.40 bits per heavy atom. The molecule has 0 saturated heterocycles. The van der Waals surface area contributed by atoms with Gasteiger partial charge in [0.1, 0.15) is 0 Å². The highest BCUT2D eigenvalue weighted by atomic mass is 32.1. The average molecular weight is 222 g/mol. The molecule has 4 atom stereocenters. The number of aliphatic hydroxyl groups excluding tert-OH is 1. The van der Waals surface area contributed by atoms with E-state index in [9.17, 15) is 5.11 Å². The lowest BCUT2D eigenvalue weighted by Crippen LogP contribution is -2.13. The van der Waals surface area contributed by atoms with E-state index in [1.807, 2.05) is 6.07 Å². The fourth-order valence-corrected chi connectivity index (χ4v) is 4.27. The quantitative estimate of drug-likeness (QED) is 0.828. The van der Waals surface area contributed by atoms with Crippen LogP contribution in [-0.2, 0) is 0 Å². The average Bonchev–Trinajstić information content (AvgIpc) is 2.95. The van der Waals surface area contributed by atoms with Crippen LogP contribution in [0.3, 0.4) is 0 Å². The van der Waals surface area contributed by atoms with Crippen molar-refractivity contribution in [1.82, 2.24) is 0 Å². The standard InChI is InChI=1S/C13H18OS/c14-12(13-2-1-5-15-13)8-11-7-9-3-4-10(11)6-9/h1-2,5,9-12,14H,3-4,6-8H2. The zero-order valence-electron chi connectivity index (χ0n) is 8.93. The van der Waals surface area contributed by atoms with Gasteiger partial charge in [0.05, 0.1) is 6.10 Å². The fourth-order valence-electron chi connectivity index (χ4n) is 3.55. The Kier molecular flexibility index (Phi) is 2.57. The highest BCUT2D eigenvalue weighted by molar-refractivity contribution is 7.10. The van der Waals surface area contributed by atoms with Crippen LogP contribution < -0.4 is 0 Å². The first kappa shape index (κ1) is 9.86.